The summed E-state index contributed by atoms with van der Waals surface area (Å²) in [5, 5.41) is 2.54. The van der Waals surface area contributed by atoms with Gasteiger partial charge >= 0.3 is 0 Å². The topological polar surface area (TPSA) is 34.5 Å². The van der Waals surface area contributed by atoms with E-state index in [1.54, 1.807) is 6.07 Å². The molecule has 0 unspecified atom stereocenters. The predicted octanol–water partition coefficient (Wildman–Crippen LogP) is 5.57. The maximum Gasteiger partial charge on any atom is 0.196 e. The van der Waals surface area contributed by atoms with Gasteiger partial charge in [0.25, 0.3) is 0 Å². The zero-order valence-electron chi connectivity index (χ0n) is 17.9. The van der Waals surface area contributed by atoms with E-state index in [1.165, 1.54) is 6.07 Å². The van der Waals surface area contributed by atoms with Crippen molar-refractivity contribution in [1.82, 2.24) is 9.47 Å². The Balaban J connectivity index is 1.62. The standard InChI is InChI=1S/C26H24BrFN2O2/c1-17-24(26(31)20-9-10-22(27)19-6-3-2-5-18(19)20)21-7-4-8-23(28)25(21)30(17)12-11-29-13-15-32-16-14-29/h2-10H,11-16H2,1H3. The first-order valence-electron chi connectivity index (χ1n) is 10.9. The summed E-state index contributed by atoms with van der Waals surface area (Å²) < 4.78 is 23.4. The number of morpholine rings is 1. The van der Waals surface area contributed by atoms with Crippen molar-refractivity contribution in [3.63, 3.8) is 0 Å². The second kappa shape index (κ2) is 8.77. The molecule has 0 atom stereocenters. The van der Waals surface area contributed by atoms with Crippen LogP contribution in [0.25, 0.3) is 21.7 Å². The Bertz CT molecular complexity index is 1320. The summed E-state index contributed by atoms with van der Waals surface area (Å²) in [7, 11) is 0. The molecule has 0 spiro atoms. The van der Waals surface area contributed by atoms with Gasteiger partial charge in [0.05, 0.1) is 24.3 Å². The van der Waals surface area contributed by atoms with Gasteiger partial charge in [-0.2, -0.15) is 0 Å². The summed E-state index contributed by atoms with van der Waals surface area (Å²) in [6.07, 6.45) is 0. The largest absolute Gasteiger partial charge is 0.379 e. The van der Waals surface area contributed by atoms with Gasteiger partial charge in [-0.1, -0.05) is 52.3 Å². The minimum absolute atomic E-state index is 0.0769. The van der Waals surface area contributed by atoms with E-state index in [9.17, 15) is 4.79 Å². The highest BCUT2D eigenvalue weighted by molar-refractivity contribution is 9.10. The molecule has 6 heteroatoms. The lowest BCUT2D eigenvalue weighted by atomic mass is 9.95. The third kappa shape index (κ3) is 3.66. The van der Waals surface area contributed by atoms with E-state index in [0.29, 0.717) is 28.6 Å². The molecule has 0 saturated carbocycles. The van der Waals surface area contributed by atoms with Crippen LogP contribution in [-0.4, -0.2) is 48.1 Å². The Morgan fingerprint density at radius 2 is 1.69 bits per heavy atom. The van der Waals surface area contributed by atoms with Gasteiger partial charge in [0.2, 0.25) is 0 Å². The van der Waals surface area contributed by atoms with Gasteiger partial charge in [-0.05, 0) is 35.9 Å². The van der Waals surface area contributed by atoms with Crippen LogP contribution in [0.4, 0.5) is 4.39 Å². The van der Waals surface area contributed by atoms with Crippen molar-refractivity contribution in [3.05, 3.63) is 81.7 Å². The Kier molecular flexibility index (Phi) is 5.84. The number of ketones is 1. The number of halogens is 2. The Morgan fingerprint density at radius 3 is 2.47 bits per heavy atom. The van der Waals surface area contributed by atoms with Crippen molar-refractivity contribution in [2.24, 2.45) is 0 Å². The second-order valence-electron chi connectivity index (χ2n) is 8.17. The fourth-order valence-corrected chi connectivity index (χ4v) is 5.19. The summed E-state index contributed by atoms with van der Waals surface area (Å²) >= 11 is 3.58. The van der Waals surface area contributed by atoms with E-state index in [1.807, 2.05) is 54.0 Å². The number of para-hydroxylation sites is 1. The molecule has 2 heterocycles. The van der Waals surface area contributed by atoms with Crippen LogP contribution >= 0.6 is 15.9 Å². The summed E-state index contributed by atoms with van der Waals surface area (Å²) in [4.78, 5) is 16.2. The van der Waals surface area contributed by atoms with Crippen LogP contribution in [0.15, 0.2) is 59.1 Å². The molecule has 0 radical (unpaired) electrons. The fraction of sp³-hybridized carbons (Fsp3) is 0.269. The smallest absolute Gasteiger partial charge is 0.196 e. The molecule has 1 fully saturated rings. The third-order valence-electron chi connectivity index (χ3n) is 6.38. The lowest BCUT2D eigenvalue weighted by Gasteiger charge is -2.27. The SMILES string of the molecule is Cc1c(C(=O)c2ccc(Br)c3ccccc23)c2cccc(F)c2n1CCN1CCOCC1. The normalized spacial score (nSPS) is 15.0. The van der Waals surface area contributed by atoms with Gasteiger partial charge in [0, 0.05) is 47.3 Å². The zero-order chi connectivity index (χ0) is 22.2. The van der Waals surface area contributed by atoms with Gasteiger partial charge in [-0.3, -0.25) is 9.69 Å². The number of nitrogens with zero attached hydrogens (tertiary/aromatic N) is 2. The van der Waals surface area contributed by atoms with E-state index in [-0.39, 0.29) is 11.6 Å². The maximum absolute atomic E-state index is 15.0. The van der Waals surface area contributed by atoms with Crippen LogP contribution in [0.1, 0.15) is 21.6 Å². The molecule has 5 rings (SSSR count). The molecule has 1 aliphatic heterocycles. The number of rotatable bonds is 5. The summed E-state index contributed by atoms with van der Waals surface area (Å²) in [5.74, 6) is -0.376. The molecule has 3 aromatic carbocycles. The molecule has 32 heavy (non-hydrogen) atoms. The van der Waals surface area contributed by atoms with Gasteiger partial charge in [-0.25, -0.2) is 4.39 Å². The van der Waals surface area contributed by atoms with Crippen molar-refractivity contribution >= 4 is 43.4 Å². The van der Waals surface area contributed by atoms with Crippen LogP contribution in [0.5, 0.6) is 0 Å². The highest BCUT2D eigenvalue weighted by atomic mass is 79.9. The molecule has 0 N–H and O–H groups in total. The van der Waals surface area contributed by atoms with E-state index < -0.39 is 0 Å². The number of hydrogen-bond donors (Lipinski definition) is 0. The first kappa shape index (κ1) is 21.3. The maximum atomic E-state index is 15.0. The summed E-state index contributed by atoms with van der Waals surface area (Å²) in [6, 6.07) is 16.6. The van der Waals surface area contributed by atoms with Crippen molar-refractivity contribution in [2.45, 2.75) is 13.5 Å². The van der Waals surface area contributed by atoms with Crippen LogP contribution in [0.2, 0.25) is 0 Å². The van der Waals surface area contributed by atoms with Gasteiger partial charge in [0.1, 0.15) is 5.82 Å². The quantitative estimate of drug-likeness (QED) is 0.340. The summed E-state index contributed by atoms with van der Waals surface area (Å²) in [6.45, 7) is 6.52. The Morgan fingerprint density at radius 1 is 0.969 bits per heavy atom. The number of fused-ring (bicyclic) bond motifs is 2. The average molecular weight is 495 g/mol. The lowest BCUT2D eigenvalue weighted by Crippen LogP contribution is -2.38. The second-order valence-corrected chi connectivity index (χ2v) is 9.03. The van der Waals surface area contributed by atoms with Crippen LogP contribution in [0, 0.1) is 12.7 Å². The van der Waals surface area contributed by atoms with Gasteiger partial charge < -0.3 is 9.30 Å². The van der Waals surface area contributed by atoms with Crippen LogP contribution in [-0.2, 0) is 11.3 Å². The molecule has 4 aromatic rings. The average Bonchev–Trinajstić information content (AvgIpc) is 3.10. The molecule has 4 nitrogen and oxygen atoms in total. The Labute approximate surface area is 194 Å². The molecule has 1 saturated heterocycles. The first-order chi connectivity index (χ1) is 15.6. The lowest BCUT2D eigenvalue weighted by molar-refractivity contribution is 0.0364. The molecular formula is C26H24BrFN2O2. The van der Waals surface area contributed by atoms with E-state index in [4.69, 9.17) is 4.74 Å². The number of carbonyl (C=O) groups excluding carboxylic acids is 1. The highest BCUT2D eigenvalue weighted by Crippen LogP contribution is 2.33. The van der Waals surface area contributed by atoms with Gasteiger partial charge in [-0.15, -0.1) is 0 Å². The van der Waals surface area contributed by atoms with Crippen molar-refractivity contribution in [3.8, 4) is 0 Å². The fourth-order valence-electron chi connectivity index (χ4n) is 4.72. The predicted molar refractivity (Wildman–Crippen MR) is 129 cm³/mol. The van der Waals surface area contributed by atoms with E-state index >= 15 is 4.39 Å². The Hall–Kier alpha value is -2.54. The molecule has 1 aliphatic rings. The first-order valence-corrected chi connectivity index (χ1v) is 11.6. The molecule has 0 amide bonds. The number of aromatic nitrogens is 1. The van der Waals surface area contributed by atoms with E-state index in [0.717, 1.165) is 53.8 Å². The molecule has 164 valence electrons. The number of hydrogen-bond acceptors (Lipinski definition) is 3. The highest BCUT2D eigenvalue weighted by Gasteiger charge is 2.25. The molecule has 1 aromatic heterocycles. The van der Waals surface area contributed by atoms with Crippen LogP contribution < -0.4 is 0 Å². The zero-order valence-corrected chi connectivity index (χ0v) is 19.5. The minimum Gasteiger partial charge on any atom is -0.379 e. The minimum atomic E-state index is -0.299. The van der Waals surface area contributed by atoms with Crippen molar-refractivity contribution in [2.75, 3.05) is 32.8 Å². The number of benzene rings is 3. The number of carbonyl (C=O) groups is 1. The van der Waals surface area contributed by atoms with Crippen LogP contribution in [0.3, 0.4) is 0 Å². The number of ether oxygens (including phenoxy) is 1. The molecule has 0 aliphatic carbocycles. The monoisotopic (exact) mass is 494 g/mol. The van der Waals surface area contributed by atoms with Crippen molar-refractivity contribution in [1.29, 1.82) is 0 Å². The molecule has 0 bridgehead atoms. The van der Waals surface area contributed by atoms with Crippen molar-refractivity contribution < 1.29 is 13.9 Å². The third-order valence-corrected chi connectivity index (χ3v) is 7.07. The van der Waals surface area contributed by atoms with Gasteiger partial charge in [0.15, 0.2) is 5.78 Å². The molecular weight excluding hydrogens is 471 g/mol. The summed E-state index contributed by atoms with van der Waals surface area (Å²) in [5.41, 5.74) is 2.51. The van der Waals surface area contributed by atoms with E-state index in [2.05, 4.69) is 20.8 Å².